The standard InChI is InChI=1S/C19H21N5O5/c1-10(2)8-24-16(20)14(17(26)23(3)19(24)28)13(25)9-29-18(27)15-11-6-4-5-7-12(11)21-22-15/h4-7,10H,8-9,20H2,1-3H3,(H,21,22). The molecule has 0 amide bonds. The number of nitrogens with two attached hydrogens (primary N) is 1. The molecular weight excluding hydrogens is 378 g/mol. The smallest absolute Gasteiger partial charge is 0.359 e. The molecule has 3 N–H and O–H groups in total. The van der Waals surface area contributed by atoms with Gasteiger partial charge in [-0.3, -0.25) is 23.8 Å². The van der Waals surface area contributed by atoms with Crippen molar-refractivity contribution >= 4 is 28.5 Å². The molecule has 0 aliphatic carbocycles. The zero-order chi connectivity index (χ0) is 21.3. The highest BCUT2D eigenvalue weighted by Crippen LogP contribution is 2.16. The van der Waals surface area contributed by atoms with Crippen LogP contribution in [0.2, 0.25) is 0 Å². The third-order valence-electron chi connectivity index (χ3n) is 4.41. The van der Waals surface area contributed by atoms with E-state index in [2.05, 4.69) is 10.2 Å². The molecule has 29 heavy (non-hydrogen) atoms. The molecule has 0 fully saturated rings. The number of fused-ring (bicyclic) bond motifs is 1. The average molecular weight is 399 g/mol. The van der Waals surface area contributed by atoms with E-state index in [1.807, 2.05) is 13.8 Å². The van der Waals surface area contributed by atoms with Crippen LogP contribution in [0.1, 0.15) is 34.7 Å². The summed E-state index contributed by atoms with van der Waals surface area (Å²) in [6, 6.07) is 6.95. The molecule has 0 saturated heterocycles. The minimum Gasteiger partial charge on any atom is -0.452 e. The summed E-state index contributed by atoms with van der Waals surface area (Å²) in [5.41, 5.74) is 4.79. The lowest BCUT2D eigenvalue weighted by molar-refractivity contribution is 0.0470. The number of anilines is 1. The van der Waals surface area contributed by atoms with Crippen molar-refractivity contribution in [3.63, 3.8) is 0 Å². The van der Waals surface area contributed by atoms with Crippen LogP contribution in [0.5, 0.6) is 0 Å². The van der Waals surface area contributed by atoms with Gasteiger partial charge in [-0.15, -0.1) is 0 Å². The number of Topliss-reactive ketones (excluding diaryl/α,β-unsaturated/α-hetero) is 1. The highest BCUT2D eigenvalue weighted by molar-refractivity contribution is 6.05. The molecule has 0 bridgehead atoms. The first-order chi connectivity index (χ1) is 13.7. The largest absolute Gasteiger partial charge is 0.452 e. The lowest BCUT2D eigenvalue weighted by atomic mass is 10.1. The molecule has 1 aromatic carbocycles. The predicted molar refractivity (Wildman–Crippen MR) is 106 cm³/mol. The van der Waals surface area contributed by atoms with Gasteiger partial charge < -0.3 is 10.5 Å². The number of carbonyl (C=O) groups is 2. The molecular formula is C19H21N5O5. The van der Waals surface area contributed by atoms with Crippen molar-refractivity contribution in [2.24, 2.45) is 13.0 Å². The number of para-hydroxylation sites is 1. The van der Waals surface area contributed by atoms with E-state index in [0.717, 1.165) is 4.57 Å². The van der Waals surface area contributed by atoms with Crippen LogP contribution in [0.25, 0.3) is 10.9 Å². The Morgan fingerprint density at radius 3 is 2.62 bits per heavy atom. The third-order valence-corrected chi connectivity index (χ3v) is 4.41. The molecule has 10 nitrogen and oxygen atoms in total. The normalized spacial score (nSPS) is 11.2. The number of nitrogens with one attached hydrogen (secondary N) is 1. The first kappa shape index (κ1) is 20.1. The van der Waals surface area contributed by atoms with Gasteiger partial charge in [0, 0.05) is 19.0 Å². The van der Waals surface area contributed by atoms with E-state index in [-0.39, 0.29) is 29.5 Å². The van der Waals surface area contributed by atoms with Crippen LogP contribution >= 0.6 is 0 Å². The number of nitrogens with zero attached hydrogens (tertiary/aromatic N) is 3. The van der Waals surface area contributed by atoms with Gasteiger partial charge in [0.1, 0.15) is 11.4 Å². The summed E-state index contributed by atoms with van der Waals surface area (Å²) in [5.74, 6) is -1.80. The quantitative estimate of drug-likeness (QED) is 0.459. The summed E-state index contributed by atoms with van der Waals surface area (Å²) in [5, 5.41) is 7.15. The first-order valence-corrected chi connectivity index (χ1v) is 8.95. The Kier molecular flexibility index (Phi) is 5.35. The van der Waals surface area contributed by atoms with Gasteiger partial charge in [0.15, 0.2) is 12.3 Å². The first-order valence-electron chi connectivity index (χ1n) is 8.95. The van der Waals surface area contributed by atoms with Crippen molar-refractivity contribution in [2.75, 3.05) is 12.3 Å². The average Bonchev–Trinajstić information content (AvgIpc) is 3.12. The van der Waals surface area contributed by atoms with E-state index in [0.29, 0.717) is 10.9 Å². The van der Waals surface area contributed by atoms with E-state index >= 15 is 0 Å². The van der Waals surface area contributed by atoms with E-state index < -0.39 is 29.6 Å². The Labute approximate surface area is 164 Å². The van der Waals surface area contributed by atoms with Crippen molar-refractivity contribution < 1.29 is 14.3 Å². The van der Waals surface area contributed by atoms with Gasteiger partial charge in [-0.2, -0.15) is 5.10 Å². The van der Waals surface area contributed by atoms with Crippen molar-refractivity contribution in [3.8, 4) is 0 Å². The molecule has 3 rings (SSSR count). The van der Waals surface area contributed by atoms with Crippen molar-refractivity contribution in [1.82, 2.24) is 19.3 Å². The van der Waals surface area contributed by atoms with E-state index in [4.69, 9.17) is 10.5 Å². The zero-order valence-electron chi connectivity index (χ0n) is 16.3. The predicted octanol–water partition coefficient (Wildman–Crippen LogP) is 0.701. The molecule has 10 heteroatoms. The molecule has 0 aliphatic heterocycles. The summed E-state index contributed by atoms with van der Waals surface area (Å²) >= 11 is 0. The fraction of sp³-hybridized carbons (Fsp3) is 0.316. The van der Waals surface area contributed by atoms with Crippen LogP contribution < -0.4 is 17.0 Å². The number of H-pyrrole nitrogens is 1. The minimum absolute atomic E-state index is 0.0269. The van der Waals surface area contributed by atoms with Crippen molar-refractivity contribution in [2.45, 2.75) is 20.4 Å². The van der Waals surface area contributed by atoms with Gasteiger partial charge in [0.2, 0.25) is 5.78 Å². The van der Waals surface area contributed by atoms with Crippen LogP contribution in [0.4, 0.5) is 5.82 Å². The molecule has 0 aliphatic rings. The number of ketones is 1. The Morgan fingerprint density at radius 1 is 1.24 bits per heavy atom. The molecule has 2 aromatic heterocycles. The van der Waals surface area contributed by atoms with E-state index in [1.165, 1.54) is 11.6 Å². The number of nitrogen functional groups attached to an aromatic ring is 1. The van der Waals surface area contributed by atoms with Crippen LogP contribution in [-0.4, -0.2) is 37.7 Å². The molecule has 0 saturated carbocycles. The second-order valence-electron chi connectivity index (χ2n) is 7.03. The summed E-state index contributed by atoms with van der Waals surface area (Å²) in [4.78, 5) is 49.7. The summed E-state index contributed by atoms with van der Waals surface area (Å²) in [6.07, 6.45) is 0. The number of hydrogen-bond donors (Lipinski definition) is 2. The maximum absolute atomic E-state index is 12.6. The number of aromatic nitrogens is 4. The van der Waals surface area contributed by atoms with Gasteiger partial charge in [-0.05, 0) is 12.0 Å². The molecule has 152 valence electrons. The molecule has 0 radical (unpaired) electrons. The van der Waals surface area contributed by atoms with E-state index in [9.17, 15) is 19.2 Å². The number of aromatic amines is 1. The van der Waals surface area contributed by atoms with E-state index in [1.54, 1.807) is 24.3 Å². The van der Waals surface area contributed by atoms with Gasteiger partial charge >= 0.3 is 11.7 Å². The lowest BCUT2D eigenvalue weighted by Crippen LogP contribution is -2.43. The lowest BCUT2D eigenvalue weighted by Gasteiger charge is -2.16. The molecule has 2 heterocycles. The summed E-state index contributed by atoms with van der Waals surface area (Å²) < 4.78 is 7.03. The van der Waals surface area contributed by atoms with Gasteiger partial charge in [-0.25, -0.2) is 9.59 Å². The second kappa shape index (κ2) is 7.74. The maximum Gasteiger partial charge on any atom is 0.359 e. The fourth-order valence-electron chi connectivity index (χ4n) is 2.98. The zero-order valence-corrected chi connectivity index (χ0v) is 16.3. The number of hydrogen-bond acceptors (Lipinski definition) is 7. The van der Waals surface area contributed by atoms with Crippen LogP contribution in [0.15, 0.2) is 33.9 Å². The summed E-state index contributed by atoms with van der Waals surface area (Å²) in [6.45, 7) is 3.26. The molecule has 3 aromatic rings. The fourth-order valence-corrected chi connectivity index (χ4v) is 2.98. The Hall–Kier alpha value is -3.69. The topological polar surface area (TPSA) is 142 Å². The number of benzene rings is 1. The van der Waals surface area contributed by atoms with Gasteiger partial charge in [-0.1, -0.05) is 32.0 Å². The monoisotopic (exact) mass is 399 g/mol. The Balaban J connectivity index is 1.87. The molecule has 0 spiro atoms. The number of ether oxygens (including phenoxy) is 1. The highest BCUT2D eigenvalue weighted by Gasteiger charge is 2.24. The number of esters is 1. The number of carbonyl (C=O) groups excluding carboxylic acids is 2. The minimum atomic E-state index is -0.834. The molecule has 0 unspecified atom stereocenters. The van der Waals surface area contributed by atoms with Crippen LogP contribution in [0.3, 0.4) is 0 Å². The highest BCUT2D eigenvalue weighted by atomic mass is 16.5. The number of rotatable bonds is 6. The van der Waals surface area contributed by atoms with Crippen molar-refractivity contribution in [1.29, 1.82) is 0 Å². The SMILES string of the molecule is CC(C)Cn1c(N)c(C(=O)COC(=O)c2n[nH]c3ccccc23)c(=O)n(C)c1=O. The Morgan fingerprint density at radius 2 is 1.93 bits per heavy atom. The molecule has 0 atom stereocenters. The van der Waals surface area contributed by atoms with Gasteiger partial charge in [0.05, 0.1) is 5.52 Å². The third kappa shape index (κ3) is 3.68. The maximum atomic E-state index is 12.6. The van der Waals surface area contributed by atoms with Crippen LogP contribution in [-0.2, 0) is 18.3 Å². The summed E-state index contributed by atoms with van der Waals surface area (Å²) in [7, 11) is 1.26. The van der Waals surface area contributed by atoms with Crippen molar-refractivity contribution in [3.05, 3.63) is 56.4 Å². The van der Waals surface area contributed by atoms with Gasteiger partial charge in [0.25, 0.3) is 5.56 Å². The second-order valence-corrected chi connectivity index (χ2v) is 7.03. The Bertz CT molecular complexity index is 1220. The van der Waals surface area contributed by atoms with Crippen LogP contribution in [0, 0.1) is 5.92 Å².